The molecule has 0 N–H and O–H groups in total. The average Bonchev–Trinajstić information content (AvgIpc) is 2.86. The molecule has 1 aromatic heterocycles. The Kier molecular flexibility index (Phi) is 6.02. The highest BCUT2D eigenvalue weighted by atomic mass is 32.2. The number of nitrogens with zero attached hydrogens (tertiary/aromatic N) is 3. The van der Waals surface area contributed by atoms with Gasteiger partial charge in [-0.05, 0) is 36.2 Å². The van der Waals surface area contributed by atoms with Gasteiger partial charge in [0.25, 0.3) is 10.0 Å². The Morgan fingerprint density at radius 2 is 1.65 bits per heavy atom. The number of hydrogen-bond donors (Lipinski definition) is 0. The van der Waals surface area contributed by atoms with Crippen molar-refractivity contribution < 1.29 is 13.2 Å². The van der Waals surface area contributed by atoms with Crippen LogP contribution in [0.15, 0.2) is 89.0 Å². The highest BCUT2D eigenvalue weighted by Gasteiger charge is 2.36. The van der Waals surface area contributed by atoms with Crippen molar-refractivity contribution in [1.82, 2.24) is 9.97 Å². The van der Waals surface area contributed by atoms with Gasteiger partial charge in [0.2, 0.25) is 0 Å². The number of thioether (sulfide) groups is 1. The van der Waals surface area contributed by atoms with E-state index in [4.69, 9.17) is 4.74 Å². The highest BCUT2D eigenvalue weighted by Crippen LogP contribution is 2.43. The fourth-order valence-electron chi connectivity index (χ4n) is 3.84. The topological polar surface area (TPSA) is 72.4 Å². The summed E-state index contributed by atoms with van der Waals surface area (Å²) in [6.07, 6.45) is 1.44. The molecule has 0 spiro atoms. The highest BCUT2D eigenvalue weighted by molar-refractivity contribution is 7.98. The van der Waals surface area contributed by atoms with Crippen molar-refractivity contribution in [2.24, 2.45) is 0 Å². The van der Waals surface area contributed by atoms with Crippen LogP contribution in [0.4, 0.5) is 5.69 Å². The molecule has 4 aromatic rings. The Hall–Kier alpha value is -3.36. The average molecular weight is 490 g/mol. The number of aryl methyl sites for hydroxylation is 1. The first-order valence-electron chi connectivity index (χ1n) is 10.8. The van der Waals surface area contributed by atoms with Crippen LogP contribution in [-0.2, 0) is 22.3 Å². The van der Waals surface area contributed by atoms with Crippen molar-refractivity contribution in [2.75, 3.05) is 11.4 Å². The van der Waals surface area contributed by atoms with Crippen LogP contribution < -0.4 is 9.04 Å². The maximum Gasteiger partial charge on any atom is 0.268 e. The van der Waals surface area contributed by atoms with E-state index < -0.39 is 10.0 Å². The fourth-order valence-corrected chi connectivity index (χ4v) is 6.18. The summed E-state index contributed by atoms with van der Waals surface area (Å²) < 4.78 is 33.9. The lowest BCUT2D eigenvalue weighted by atomic mass is 10.1. The molecule has 0 fully saturated rings. The summed E-state index contributed by atoms with van der Waals surface area (Å²) in [6.45, 7) is 2.25. The first-order chi connectivity index (χ1) is 16.5. The number of aromatic nitrogens is 2. The number of anilines is 1. The third-order valence-electron chi connectivity index (χ3n) is 5.70. The molecule has 8 heteroatoms. The summed E-state index contributed by atoms with van der Waals surface area (Å²) >= 11 is 1.47. The minimum absolute atomic E-state index is 0.132. The van der Waals surface area contributed by atoms with Crippen molar-refractivity contribution in [3.05, 3.63) is 95.7 Å². The lowest BCUT2D eigenvalue weighted by Gasteiger charge is -2.31. The van der Waals surface area contributed by atoms with Gasteiger partial charge in [-0.25, -0.2) is 18.4 Å². The predicted molar refractivity (Wildman–Crippen MR) is 135 cm³/mol. The molecule has 0 saturated heterocycles. The van der Waals surface area contributed by atoms with E-state index >= 15 is 0 Å². The number of methoxy groups -OCH3 is 1. The molecule has 0 saturated carbocycles. The molecular formula is C26H23N3O3S2. The molecule has 2 heterocycles. The van der Waals surface area contributed by atoms with E-state index in [9.17, 15) is 8.42 Å². The zero-order chi connectivity index (χ0) is 23.7. The van der Waals surface area contributed by atoms with Crippen LogP contribution in [0.1, 0.15) is 16.7 Å². The van der Waals surface area contributed by atoms with Gasteiger partial charge < -0.3 is 4.74 Å². The molecule has 0 atom stereocenters. The first kappa shape index (κ1) is 22.4. The molecule has 5 rings (SSSR count). The van der Waals surface area contributed by atoms with Gasteiger partial charge >= 0.3 is 0 Å². The molecule has 6 nitrogen and oxygen atoms in total. The Balaban J connectivity index is 1.48. The summed E-state index contributed by atoms with van der Waals surface area (Å²) in [7, 11) is -2.17. The standard InChI is InChI=1S/C26H23N3O3S2/c1-18-7-9-19(10-8-18)16-29-23-6-4-3-5-22(23)25-24(34(29,30)31)15-27-26(28-25)33-17-20-11-13-21(32-2)14-12-20/h3-15H,16-17H2,1-2H3. The van der Waals surface area contributed by atoms with Gasteiger partial charge in [-0.1, -0.05) is 71.9 Å². The number of benzene rings is 3. The molecule has 34 heavy (non-hydrogen) atoms. The third kappa shape index (κ3) is 4.26. The zero-order valence-corrected chi connectivity index (χ0v) is 20.4. The van der Waals surface area contributed by atoms with Gasteiger partial charge in [0.15, 0.2) is 5.16 Å². The Morgan fingerprint density at radius 1 is 0.941 bits per heavy atom. The maximum atomic E-state index is 13.6. The first-order valence-corrected chi connectivity index (χ1v) is 13.2. The number of rotatable bonds is 6. The SMILES string of the molecule is COc1ccc(CSc2ncc3c(n2)-c2ccccc2N(Cc2ccc(C)cc2)S3(=O)=O)cc1. The van der Waals surface area contributed by atoms with Gasteiger partial charge in [-0.15, -0.1) is 0 Å². The van der Waals surface area contributed by atoms with Gasteiger partial charge in [-0.3, -0.25) is 4.31 Å². The van der Waals surface area contributed by atoms with E-state index in [0.29, 0.717) is 22.3 Å². The van der Waals surface area contributed by atoms with Crippen molar-refractivity contribution in [3.63, 3.8) is 0 Å². The van der Waals surface area contributed by atoms with E-state index in [2.05, 4.69) is 9.97 Å². The fraction of sp³-hybridized carbons (Fsp3) is 0.154. The predicted octanol–water partition coefficient (Wildman–Crippen LogP) is 5.46. The van der Waals surface area contributed by atoms with E-state index in [1.807, 2.05) is 79.7 Å². The summed E-state index contributed by atoms with van der Waals surface area (Å²) in [5.74, 6) is 1.47. The van der Waals surface area contributed by atoms with E-state index in [1.165, 1.54) is 22.3 Å². The van der Waals surface area contributed by atoms with E-state index in [1.54, 1.807) is 7.11 Å². The van der Waals surface area contributed by atoms with Gasteiger partial charge in [-0.2, -0.15) is 0 Å². The second-order valence-electron chi connectivity index (χ2n) is 8.02. The second kappa shape index (κ2) is 9.12. The molecule has 0 unspecified atom stereocenters. The van der Waals surface area contributed by atoms with E-state index in [0.717, 1.165) is 28.0 Å². The number of fused-ring (bicyclic) bond motifs is 3. The molecule has 172 valence electrons. The molecule has 1 aliphatic heterocycles. The monoisotopic (exact) mass is 489 g/mol. The lowest BCUT2D eigenvalue weighted by Crippen LogP contribution is -2.34. The molecule has 0 aliphatic carbocycles. The van der Waals surface area contributed by atoms with Crippen LogP contribution >= 0.6 is 11.8 Å². The summed E-state index contributed by atoms with van der Waals surface area (Å²) in [4.78, 5) is 9.19. The van der Waals surface area contributed by atoms with Gasteiger partial charge in [0.1, 0.15) is 10.6 Å². The van der Waals surface area contributed by atoms with Crippen LogP contribution in [0, 0.1) is 6.92 Å². The van der Waals surface area contributed by atoms with Crippen molar-refractivity contribution in [3.8, 4) is 17.0 Å². The Morgan fingerprint density at radius 3 is 2.38 bits per heavy atom. The summed E-state index contributed by atoms with van der Waals surface area (Å²) in [6, 6.07) is 23.2. The van der Waals surface area contributed by atoms with E-state index in [-0.39, 0.29) is 11.4 Å². The minimum atomic E-state index is -3.81. The number of para-hydroxylation sites is 1. The molecule has 1 aliphatic rings. The minimum Gasteiger partial charge on any atom is -0.497 e. The van der Waals surface area contributed by atoms with Crippen LogP contribution in [0.3, 0.4) is 0 Å². The normalized spacial score (nSPS) is 13.8. The maximum absolute atomic E-state index is 13.6. The van der Waals surface area contributed by atoms with Crippen molar-refractivity contribution in [2.45, 2.75) is 29.3 Å². The van der Waals surface area contributed by atoms with Crippen LogP contribution in [-0.4, -0.2) is 25.5 Å². The smallest absolute Gasteiger partial charge is 0.268 e. The molecule has 0 bridgehead atoms. The van der Waals surface area contributed by atoms with Crippen molar-refractivity contribution >= 4 is 27.5 Å². The Labute approximate surface area is 203 Å². The molecular weight excluding hydrogens is 466 g/mol. The molecule has 3 aromatic carbocycles. The van der Waals surface area contributed by atoms with Crippen LogP contribution in [0.5, 0.6) is 5.75 Å². The van der Waals surface area contributed by atoms with Gasteiger partial charge in [0, 0.05) is 11.3 Å². The second-order valence-corrected chi connectivity index (χ2v) is 10.8. The summed E-state index contributed by atoms with van der Waals surface area (Å²) in [5.41, 5.74) is 5.00. The van der Waals surface area contributed by atoms with Crippen LogP contribution in [0.25, 0.3) is 11.3 Å². The number of hydrogen-bond acceptors (Lipinski definition) is 6. The van der Waals surface area contributed by atoms with Crippen molar-refractivity contribution in [1.29, 1.82) is 0 Å². The quantitative estimate of drug-likeness (QED) is 0.264. The third-order valence-corrected chi connectivity index (χ3v) is 8.40. The number of sulfonamides is 1. The molecule has 0 radical (unpaired) electrons. The van der Waals surface area contributed by atoms with Gasteiger partial charge in [0.05, 0.1) is 31.2 Å². The lowest BCUT2D eigenvalue weighted by molar-refractivity contribution is 0.414. The Bertz CT molecular complexity index is 1440. The zero-order valence-electron chi connectivity index (χ0n) is 18.8. The largest absolute Gasteiger partial charge is 0.497 e. The number of ether oxygens (including phenoxy) is 1. The van der Waals surface area contributed by atoms with Crippen LogP contribution in [0.2, 0.25) is 0 Å². The summed E-state index contributed by atoms with van der Waals surface area (Å²) in [5, 5.41) is 0.534. The molecule has 0 amide bonds.